The highest BCUT2D eigenvalue weighted by molar-refractivity contribution is 5.92. The van der Waals surface area contributed by atoms with Gasteiger partial charge in [-0.15, -0.1) is 0 Å². The van der Waals surface area contributed by atoms with Crippen molar-refractivity contribution in [3.05, 3.63) is 50.8 Å². The van der Waals surface area contributed by atoms with Gasteiger partial charge in [-0.05, 0) is 25.7 Å². The minimum absolute atomic E-state index is 0.0487. The third-order valence-electron chi connectivity index (χ3n) is 4.50. The number of hydrogen-bond donors (Lipinski definition) is 2. The van der Waals surface area contributed by atoms with Crippen molar-refractivity contribution < 1.29 is 4.79 Å². The van der Waals surface area contributed by atoms with Crippen LogP contribution in [0, 0.1) is 0 Å². The van der Waals surface area contributed by atoms with Crippen molar-refractivity contribution in [1.82, 2.24) is 24.4 Å². The number of aromatic nitrogens is 4. The molecular weight excluding hydrogens is 310 g/mol. The summed E-state index contributed by atoms with van der Waals surface area (Å²) < 4.78 is 1.98. The first-order valence-electron chi connectivity index (χ1n) is 8.15. The summed E-state index contributed by atoms with van der Waals surface area (Å²) in [5.74, 6) is 0.695. The van der Waals surface area contributed by atoms with Gasteiger partial charge < -0.3 is 14.5 Å². The van der Waals surface area contributed by atoms with Crippen LogP contribution in [-0.2, 0) is 13.5 Å². The van der Waals surface area contributed by atoms with Crippen LogP contribution in [0.5, 0.6) is 0 Å². The second kappa shape index (κ2) is 6.86. The molecule has 1 atom stereocenters. The quantitative estimate of drug-likeness (QED) is 0.847. The summed E-state index contributed by atoms with van der Waals surface area (Å²) in [5, 5.41) is 0. The molecule has 128 valence electrons. The minimum Gasteiger partial charge on any atom is -0.338 e. The molecule has 0 saturated carbocycles. The van der Waals surface area contributed by atoms with Crippen molar-refractivity contribution in [3.63, 3.8) is 0 Å². The van der Waals surface area contributed by atoms with E-state index in [4.69, 9.17) is 0 Å². The van der Waals surface area contributed by atoms with Gasteiger partial charge in [-0.3, -0.25) is 14.6 Å². The Morgan fingerprint density at radius 3 is 2.88 bits per heavy atom. The molecular formula is C16H21N5O3. The van der Waals surface area contributed by atoms with Crippen LogP contribution >= 0.6 is 0 Å². The number of H-pyrrole nitrogens is 2. The maximum atomic E-state index is 12.7. The molecule has 1 aliphatic heterocycles. The van der Waals surface area contributed by atoms with Crippen molar-refractivity contribution in [2.45, 2.75) is 38.1 Å². The van der Waals surface area contributed by atoms with Gasteiger partial charge in [0.2, 0.25) is 0 Å². The zero-order valence-electron chi connectivity index (χ0n) is 13.6. The summed E-state index contributed by atoms with van der Waals surface area (Å²) in [5.41, 5.74) is -1.18. The topological polar surface area (TPSA) is 104 Å². The second-order valence-corrected chi connectivity index (χ2v) is 6.14. The Morgan fingerprint density at radius 1 is 1.33 bits per heavy atom. The summed E-state index contributed by atoms with van der Waals surface area (Å²) >= 11 is 0. The first kappa shape index (κ1) is 16.2. The molecule has 3 heterocycles. The molecule has 1 saturated heterocycles. The van der Waals surface area contributed by atoms with Gasteiger partial charge in [-0.2, -0.15) is 0 Å². The number of nitrogens with zero attached hydrogens (tertiary/aromatic N) is 3. The van der Waals surface area contributed by atoms with Crippen LogP contribution in [0.25, 0.3) is 0 Å². The number of imidazole rings is 1. The van der Waals surface area contributed by atoms with E-state index in [1.165, 1.54) is 0 Å². The lowest BCUT2D eigenvalue weighted by Crippen LogP contribution is -2.45. The van der Waals surface area contributed by atoms with Gasteiger partial charge in [0.1, 0.15) is 11.5 Å². The lowest BCUT2D eigenvalue weighted by molar-refractivity contribution is 0.0594. The van der Waals surface area contributed by atoms with E-state index >= 15 is 0 Å². The molecule has 0 unspecified atom stereocenters. The highest BCUT2D eigenvalue weighted by atomic mass is 16.2. The molecule has 1 aliphatic rings. The average molecular weight is 331 g/mol. The molecule has 2 aromatic rings. The van der Waals surface area contributed by atoms with Crippen LogP contribution in [0.15, 0.2) is 28.0 Å². The molecule has 2 N–H and O–H groups in total. The van der Waals surface area contributed by atoms with Crippen molar-refractivity contribution in [2.24, 2.45) is 7.05 Å². The lowest BCUT2D eigenvalue weighted by atomic mass is 9.97. The predicted octanol–water partition coefficient (Wildman–Crippen LogP) is 0.424. The SMILES string of the molecule is Cn1ccnc1CC[C@H]1CCCCN1C(=O)c1cc(=O)[nH]c(=O)[nH]1. The van der Waals surface area contributed by atoms with Gasteiger partial charge in [0, 0.05) is 44.5 Å². The zero-order valence-corrected chi connectivity index (χ0v) is 13.6. The molecule has 3 rings (SSSR count). The molecule has 8 nitrogen and oxygen atoms in total. The third-order valence-corrected chi connectivity index (χ3v) is 4.50. The highest BCUT2D eigenvalue weighted by Crippen LogP contribution is 2.22. The number of carbonyl (C=O) groups excluding carboxylic acids is 1. The smallest absolute Gasteiger partial charge is 0.326 e. The molecule has 1 fully saturated rings. The minimum atomic E-state index is -0.660. The molecule has 24 heavy (non-hydrogen) atoms. The molecule has 0 radical (unpaired) electrons. The van der Waals surface area contributed by atoms with Crippen molar-refractivity contribution in [2.75, 3.05) is 6.54 Å². The summed E-state index contributed by atoms with van der Waals surface area (Å²) in [4.78, 5) is 46.2. The monoisotopic (exact) mass is 331 g/mol. The Balaban J connectivity index is 1.76. The molecule has 0 spiro atoms. The molecule has 0 bridgehead atoms. The Kier molecular flexibility index (Phi) is 4.64. The summed E-state index contributed by atoms with van der Waals surface area (Å²) in [7, 11) is 1.95. The maximum Gasteiger partial charge on any atom is 0.326 e. The second-order valence-electron chi connectivity index (χ2n) is 6.14. The predicted molar refractivity (Wildman–Crippen MR) is 87.9 cm³/mol. The first-order valence-corrected chi connectivity index (χ1v) is 8.15. The van der Waals surface area contributed by atoms with Crippen molar-refractivity contribution >= 4 is 5.91 Å². The number of carbonyl (C=O) groups is 1. The van der Waals surface area contributed by atoms with Crippen LogP contribution in [0.3, 0.4) is 0 Å². The zero-order chi connectivity index (χ0) is 17.1. The maximum absolute atomic E-state index is 12.7. The van der Waals surface area contributed by atoms with Crippen LogP contribution in [-0.4, -0.2) is 42.9 Å². The molecule has 2 aromatic heterocycles. The number of likely N-dealkylation sites (tertiary alicyclic amines) is 1. The molecule has 8 heteroatoms. The van der Waals surface area contributed by atoms with Gasteiger partial charge in [0.25, 0.3) is 11.5 Å². The molecule has 1 amide bonds. The van der Waals surface area contributed by atoms with Crippen molar-refractivity contribution in [1.29, 1.82) is 0 Å². The summed E-state index contributed by atoms with van der Waals surface area (Å²) in [6.07, 6.45) is 8.18. The van der Waals surface area contributed by atoms with E-state index < -0.39 is 11.2 Å². The number of nitrogens with one attached hydrogen (secondary N) is 2. The van der Waals surface area contributed by atoms with E-state index in [0.29, 0.717) is 6.54 Å². The summed E-state index contributed by atoms with van der Waals surface area (Å²) in [6, 6.07) is 1.24. The number of piperidine rings is 1. The van der Waals surface area contributed by atoms with Gasteiger partial charge in [-0.25, -0.2) is 9.78 Å². The van der Waals surface area contributed by atoms with E-state index in [0.717, 1.165) is 44.0 Å². The fourth-order valence-corrected chi connectivity index (χ4v) is 3.24. The number of aromatic amines is 2. The Labute approximate surface area is 138 Å². The standard InChI is InChI=1S/C16H21N5O3/c1-20-9-7-17-13(20)6-5-11-4-2-3-8-21(11)15(23)12-10-14(22)19-16(24)18-12/h7,9-11H,2-6,8H2,1H3,(H2,18,19,22,24)/t11-/m1/s1. The Bertz CT molecular complexity index is 806. The normalized spacial score (nSPS) is 17.9. The molecule has 0 aromatic carbocycles. The van der Waals surface area contributed by atoms with Crippen LogP contribution in [0.4, 0.5) is 0 Å². The van der Waals surface area contributed by atoms with Gasteiger partial charge in [0.05, 0.1) is 0 Å². The third kappa shape index (κ3) is 3.47. The van der Waals surface area contributed by atoms with E-state index in [9.17, 15) is 14.4 Å². The van der Waals surface area contributed by atoms with Gasteiger partial charge in [0.15, 0.2) is 0 Å². The van der Waals surface area contributed by atoms with E-state index in [1.54, 1.807) is 11.1 Å². The van der Waals surface area contributed by atoms with Crippen molar-refractivity contribution in [3.8, 4) is 0 Å². The first-order chi connectivity index (χ1) is 11.5. The van der Waals surface area contributed by atoms with E-state index in [2.05, 4.69) is 15.0 Å². The highest BCUT2D eigenvalue weighted by Gasteiger charge is 2.28. The van der Waals surface area contributed by atoms with Gasteiger partial charge >= 0.3 is 5.69 Å². The summed E-state index contributed by atoms with van der Waals surface area (Å²) in [6.45, 7) is 0.638. The number of amides is 1. The Hall–Kier alpha value is -2.64. The van der Waals surface area contributed by atoms with E-state index in [-0.39, 0.29) is 17.6 Å². The number of aryl methyl sites for hydroxylation is 2. The average Bonchev–Trinajstić information content (AvgIpc) is 2.97. The number of rotatable bonds is 4. The lowest BCUT2D eigenvalue weighted by Gasteiger charge is -2.35. The van der Waals surface area contributed by atoms with Gasteiger partial charge in [-0.1, -0.05) is 0 Å². The largest absolute Gasteiger partial charge is 0.338 e. The number of hydrogen-bond acceptors (Lipinski definition) is 4. The van der Waals surface area contributed by atoms with E-state index in [1.807, 2.05) is 17.8 Å². The van der Waals surface area contributed by atoms with Crippen LogP contribution in [0.1, 0.15) is 42.0 Å². The van der Waals surface area contributed by atoms with Crippen LogP contribution < -0.4 is 11.2 Å². The fraction of sp³-hybridized carbons (Fsp3) is 0.500. The van der Waals surface area contributed by atoms with Crippen LogP contribution in [0.2, 0.25) is 0 Å². The Morgan fingerprint density at radius 2 is 2.17 bits per heavy atom. The fourth-order valence-electron chi connectivity index (χ4n) is 3.24. The molecule has 0 aliphatic carbocycles.